The lowest BCUT2D eigenvalue weighted by molar-refractivity contribution is -0.138. The highest BCUT2D eigenvalue weighted by Gasteiger charge is 2.16. The van der Waals surface area contributed by atoms with Gasteiger partial charge in [0.05, 0.1) is 26.0 Å². The van der Waals surface area contributed by atoms with Crippen molar-refractivity contribution in [3.63, 3.8) is 0 Å². The van der Waals surface area contributed by atoms with Crippen molar-refractivity contribution in [2.24, 2.45) is 0 Å². The van der Waals surface area contributed by atoms with Gasteiger partial charge in [0.2, 0.25) is 0 Å². The average Bonchev–Trinajstić information content (AvgIpc) is 2.66. The van der Waals surface area contributed by atoms with Crippen molar-refractivity contribution in [1.29, 1.82) is 0 Å². The predicted octanol–water partition coefficient (Wildman–Crippen LogP) is 3.63. The van der Waals surface area contributed by atoms with Gasteiger partial charge in [0.1, 0.15) is 5.70 Å². The molecule has 25 heavy (non-hydrogen) atoms. The van der Waals surface area contributed by atoms with Crippen LogP contribution in [0.1, 0.15) is 0 Å². The highest BCUT2D eigenvalue weighted by molar-refractivity contribution is 6.13. The lowest BCUT2D eigenvalue weighted by atomic mass is 10.0. The van der Waals surface area contributed by atoms with Crippen molar-refractivity contribution in [1.82, 2.24) is 0 Å². The van der Waals surface area contributed by atoms with Gasteiger partial charge in [-0.3, -0.25) is 0 Å². The first kappa shape index (κ1) is 16.5. The molecule has 0 amide bonds. The molecule has 0 saturated heterocycles. The summed E-state index contributed by atoms with van der Waals surface area (Å²) in [5, 5.41) is 6.97. The van der Waals surface area contributed by atoms with E-state index in [2.05, 4.69) is 16.1 Å². The first-order chi connectivity index (χ1) is 12.1. The summed E-state index contributed by atoms with van der Waals surface area (Å²) in [6.07, 6.45) is 1.09. The van der Waals surface area contributed by atoms with E-state index in [4.69, 9.17) is 4.74 Å². The molecule has 0 unspecified atom stereocenters. The number of fused-ring (bicyclic) bond motifs is 2. The number of nitrogens with one attached hydrogen (secondary N) is 1. The van der Waals surface area contributed by atoms with Gasteiger partial charge in [-0.15, -0.1) is 0 Å². The molecule has 0 aliphatic heterocycles. The third-order valence-electron chi connectivity index (χ3n) is 3.90. The third kappa shape index (κ3) is 3.30. The Hall–Kier alpha value is -3.34. The van der Waals surface area contributed by atoms with E-state index >= 15 is 0 Å². The number of ether oxygens (including phenoxy) is 2. The van der Waals surface area contributed by atoms with Crippen molar-refractivity contribution in [3.8, 4) is 0 Å². The minimum Gasteiger partial charge on any atom is -0.466 e. The van der Waals surface area contributed by atoms with Gasteiger partial charge in [0.25, 0.3) is 0 Å². The molecule has 5 nitrogen and oxygen atoms in total. The maximum Gasteiger partial charge on any atom is 0.354 e. The Bertz CT molecular complexity index is 937. The van der Waals surface area contributed by atoms with Gasteiger partial charge in [-0.2, -0.15) is 0 Å². The molecule has 0 spiro atoms. The monoisotopic (exact) mass is 335 g/mol. The zero-order chi connectivity index (χ0) is 17.8. The fourth-order valence-corrected chi connectivity index (χ4v) is 2.72. The van der Waals surface area contributed by atoms with Crippen molar-refractivity contribution >= 4 is 39.2 Å². The molecule has 0 aliphatic carbocycles. The van der Waals surface area contributed by atoms with E-state index in [1.54, 1.807) is 0 Å². The first-order valence-electron chi connectivity index (χ1n) is 7.69. The quantitative estimate of drug-likeness (QED) is 0.448. The zero-order valence-corrected chi connectivity index (χ0v) is 13.9. The lowest BCUT2D eigenvalue weighted by Crippen LogP contribution is -2.15. The van der Waals surface area contributed by atoms with E-state index < -0.39 is 11.9 Å². The number of esters is 2. The molecule has 0 aliphatic rings. The summed E-state index contributed by atoms with van der Waals surface area (Å²) < 4.78 is 9.40. The van der Waals surface area contributed by atoms with E-state index in [1.165, 1.54) is 14.2 Å². The molecule has 0 saturated carbocycles. The van der Waals surface area contributed by atoms with Crippen molar-refractivity contribution in [2.75, 3.05) is 19.5 Å². The molecule has 0 bridgehead atoms. The van der Waals surface area contributed by atoms with Crippen LogP contribution in [0.3, 0.4) is 0 Å². The molecule has 126 valence electrons. The van der Waals surface area contributed by atoms with E-state index in [0.29, 0.717) is 0 Å². The number of benzene rings is 3. The minimum absolute atomic E-state index is 0.0101. The van der Waals surface area contributed by atoms with Crippen LogP contribution in [0.25, 0.3) is 21.5 Å². The van der Waals surface area contributed by atoms with Crippen LogP contribution in [0.4, 0.5) is 5.69 Å². The molecule has 0 atom stereocenters. The van der Waals surface area contributed by atoms with E-state index in [-0.39, 0.29) is 5.70 Å². The summed E-state index contributed by atoms with van der Waals surface area (Å²) in [5.41, 5.74) is 0.741. The van der Waals surface area contributed by atoms with Gasteiger partial charge in [-0.05, 0) is 16.8 Å². The Morgan fingerprint density at radius 2 is 1.44 bits per heavy atom. The molecule has 5 heteroatoms. The third-order valence-corrected chi connectivity index (χ3v) is 3.90. The molecule has 3 aromatic carbocycles. The van der Waals surface area contributed by atoms with Crippen LogP contribution in [-0.2, 0) is 19.1 Å². The number of anilines is 1. The molecule has 3 rings (SSSR count). The van der Waals surface area contributed by atoms with Gasteiger partial charge in [-0.1, -0.05) is 48.5 Å². The number of carbonyl (C=O) groups is 2. The van der Waals surface area contributed by atoms with Gasteiger partial charge in [0.15, 0.2) is 0 Å². The fourth-order valence-electron chi connectivity index (χ4n) is 2.72. The second-order valence-electron chi connectivity index (χ2n) is 5.39. The molecule has 0 heterocycles. The van der Waals surface area contributed by atoms with Gasteiger partial charge in [0, 0.05) is 10.8 Å². The first-order valence-corrected chi connectivity index (χ1v) is 7.69. The number of hydrogen-bond donors (Lipinski definition) is 1. The normalized spacial score (nSPS) is 11.4. The molecular weight excluding hydrogens is 318 g/mol. The van der Waals surface area contributed by atoms with Crippen LogP contribution in [0.2, 0.25) is 0 Å². The predicted molar refractivity (Wildman–Crippen MR) is 97.2 cm³/mol. The zero-order valence-electron chi connectivity index (χ0n) is 13.9. The molecule has 0 radical (unpaired) electrons. The topological polar surface area (TPSA) is 64.6 Å². The molecular formula is C20H17NO4. The van der Waals surface area contributed by atoms with Crippen LogP contribution in [0.15, 0.2) is 66.4 Å². The fraction of sp³-hybridized carbons (Fsp3) is 0.100. The second-order valence-corrected chi connectivity index (χ2v) is 5.39. The van der Waals surface area contributed by atoms with Gasteiger partial charge in [-0.25, -0.2) is 9.59 Å². The van der Waals surface area contributed by atoms with Crippen LogP contribution in [0, 0.1) is 0 Å². The Labute approximate surface area is 144 Å². The van der Waals surface area contributed by atoms with Crippen molar-refractivity contribution < 1.29 is 19.1 Å². The largest absolute Gasteiger partial charge is 0.466 e. The Balaban J connectivity index is 2.22. The summed E-state index contributed by atoms with van der Waals surface area (Å²) in [7, 11) is 2.51. The van der Waals surface area contributed by atoms with E-state index in [9.17, 15) is 9.59 Å². The van der Waals surface area contributed by atoms with E-state index in [0.717, 1.165) is 33.3 Å². The standard InChI is InChI=1S/C20H17NO4/c1-24-18(22)12-17(20(23)25-2)21-19-15-9-5-3-7-13(15)11-14-8-4-6-10-16(14)19/h3-12,21H,1-2H3/b17-12+. The highest BCUT2D eigenvalue weighted by atomic mass is 16.5. The molecule has 1 N–H and O–H groups in total. The smallest absolute Gasteiger partial charge is 0.354 e. The van der Waals surface area contributed by atoms with Crippen LogP contribution in [-0.4, -0.2) is 26.2 Å². The minimum atomic E-state index is -0.651. The van der Waals surface area contributed by atoms with E-state index in [1.807, 2.05) is 48.5 Å². The molecule has 3 aromatic rings. The highest BCUT2D eigenvalue weighted by Crippen LogP contribution is 2.33. The maximum absolute atomic E-state index is 12.1. The number of carbonyl (C=O) groups excluding carboxylic acids is 2. The second kappa shape index (κ2) is 7.05. The summed E-state index contributed by atoms with van der Waals surface area (Å²) in [6.45, 7) is 0. The van der Waals surface area contributed by atoms with Crippen LogP contribution < -0.4 is 5.32 Å². The Morgan fingerprint density at radius 1 is 0.880 bits per heavy atom. The van der Waals surface area contributed by atoms with Crippen LogP contribution >= 0.6 is 0 Å². The Morgan fingerprint density at radius 3 is 1.96 bits per heavy atom. The summed E-state index contributed by atoms with van der Waals surface area (Å²) >= 11 is 0. The lowest BCUT2D eigenvalue weighted by Gasteiger charge is -2.15. The number of hydrogen-bond acceptors (Lipinski definition) is 5. The SMILES string of the molecule is COC(=O)/C=C(/Nc1c2ccccc2cc2ccccc12)C(=O)OC. The summed E-state index contributed by atoms with van der Waals surface area (Å²) in [5.74, 6) is -1.29. The molecule has 0 aromatic heterocycles. The average molecular weight is 335 g/mol. The van der Waals surface area contributed by atoms with Crippen molar-refractivity contribution in [2.45, 2.75) is 0 Å². The summed E-state index contributed by atoms with van der Waals surface area (Å²) in [4.78, 5) is 23.7. The number of rotatable bonds is 4. The van der Waals surface area contributed by atoms with Gasteiger partial charge >= 0.3 is 11.9 Å². The Kier molecular flexibility index (Phi) is 4.66. The van der Waals surface area contributed by atoms with Gasteiger partial charge < -0.3 is 14.8 Å². The number of methoxy groups -OCH3 is 2. The summed E-state index contributed by atoms with van der Waals surface area (Å²) in [6, 6.07) is 17.7. The maximum atomic E-state index is 12.1. The van der Waals surface area contributed by atoms with Crippen LogP contribution in [0.5, 0.6) is 0 Å². The van der Waals surface area contributed by atoms with Crippen molar-refractivity contribution in [3.05, 3.63) is 66.4 Å². The molecule has 0 fully saturated rings.